The van der Waals surface area contributed by atoms with Crippen molar-refractivity contribution in [2.24, 2.45) is 0 Å². The van der Waals surface area contributed by atoms with E-state index in [1.165, 1.54) is 16.7 Å². The first kappa shape index (κ1) is 17.6. The predicted molar refractivity (Wildman–Crippen MR) is 99.7 cm³/mol. The van der Waals surface area contributed by atoms with Crippen LogP contribution in [0.5, 0.6) is 0 Å². The molecule has 0 saturated heterocycles. The highest BCUT2D eigenvalue weighted by Gasteiger charge is 2.20. The fourth-order valence-corrected chi connectivity index (χ4v) is 3.49. The van der Waals surface area contributed by atoms with E-state index in [-0.39, 0.29) is 11.4 Å². The molecule has 0 bridgehead atoms. The van der Waals surface area contributed by atoms with Crippen molar-refractivity contribution in [1.29, 1.82) is 0 Å². The van der Waals surface area contributed by atoms with Gasteiger partial charge in [-0.15, -0.1) is 11.8 Å². The SMILES string of the molecule is Cc1ccccc1CSCC(=O)NC(C)(C)Cc1ccccc1. The van der Waals surface area contributed by atoms with Crippen LogP contribution in [0.25, 0.3) is 0 Å². The highest BCUT2D eigenvalue weighted by molar-refractivity contribution is 7.99. The van der Waals surface area contributed by atoms with Gasteiger partial charge in [-0.05, 0) is 43.9 Å². The molecule has 23 heavy (non-hydrogen) atoms. The summed E-state index contributed by atoms with van der Waals surface area (Å²) in [5.74, 6) is 1.47. The molecule has 122 valence electrons. The van der Waals surface area contributed by atoms with E-state index in [2.05, 4.69) is 50.4 Å². The van der Waals surface area contributed by atoms with E-state index in [0.717, 1.165) is 12.2 Å². The maximum Gasteiger partial charge on any atom is 0.230 e. The molecule has 2 aromatic rings. The molecule has 0 unspecified atom stereocenters. The normalized spacial score (nSPS) is 11.3. The lowest BCUT2D eigenvalue weighted by Gasteiger charge is -2.26. The van der Waals surface area contributed by atoms with Crippen LogP contribution in [0.2, 0.25) is 0 Å². The van der Waals surface area contributed by atoms with Crippen molar-refractivity contribution in [3.8, 4) is 0 Å². The number of hydrogen-bond acceptors (Lipinski definition) is 2. The number of rotatable bonds is 7. The topological polar surface area (TPSA) is 29.1 Å². The molecule has 0 fully saturated rings. The second kappa shape index (κ2) is 8.21. The monoisotopic (exact) mass is 327 g/mol. The van der Waals surface area contributed by atoms with E-state index in [0.29, 0.717) is 5.75 Å². The molecule has 2 rings (SSSR count). The summed E-state index contributed by atoms with van der Waals surface area (Å²) in [4.78, 5) is 12.2. The zero-order valence-corrected chi connectivity index (χ0v) is 15.0. The van der Waals surface area contributed by atoms with Crippen LogP contribution in [-0.2, 0) is 17.0 Å². The van der Waals surface area contributed by atoms with Crippen LogP contribution >= 0.6 is 11.8 Å². The molecule has 0 aliphatic heterocycles. The Morgan fingerprint density at radius 2 is 1.70 bits per heavy atom. The zero-order valence-electron chi connectivity index (χ0n) is 14.1. The molecule has 0 atom stereocenters. The molecular weight excluding hydrogens is 302 g/mol. The first-order valence-corrected chi connectivity index (χ1v) is 9.09. The minimum absolute atomic E-state index is 0.101. The molecular formula is C20H25NOS. The Kier molecular flexibility index (Phi) is 6.28. The highest BCUT2D eigenvalue weighted by atomic mass is 32.2. The molecule has 0 aliphatic carbocycles. The summed E-state index contributed by atoms with van der Waals surface area (Å²) in [7, 11) is 0. The van der Waals surface area contributed by atoms with Gasteiger partial charge < -0.3 is 5.32 Å². The Morgan fingerprint density at radius 1 is 1.04 bits per heavy atom. The van der Waals surface area contributed by atoms with E-state index in [1.807, 2.05) is 30.3 Å². The minimum Gasteiger partial charge on any atom is -0.350 e. The van der Waals surface area contributed by atoms with Crippen LogP contribution < -0.4 is 5.32 Å². The molecule has 3 heteroatoms. The van der Waals surface area contributed by atoms with Crippen molar-refractivity contribution < 1.29 is 4.79 Å². The van der Waals surface area contributed by atoms with Gasteiger partial charge in [-0.3, -0.25) is 4.79 Å². The predicted octanol–water partition coefficient (Wildman–Crippen LogP) is 4.37. The Morgan fingerprint density at radius 3 is 2.39 bits per heavy atom. The third kappa shape index (κ3) is 6.11. The van der Waals surface area contributed by atoms with Crippen LogP contribution in [0.3, 0.4) is 0 Å². The number of benzene rings is 2. The Labute approximate surface area is 143 Å². The number of carbonyl (C=O) groups is 1. The summed E-state index contributed by atoms with van der Waals surface area (Å²) in [6, 6.07) is 18.6. The standard InChI is InChI=1S/C20H25NOS/c1-16-9-7-8-12-18(16)14-23-15-19(22)21-20(2,3)13-17-10-5-4-6-11-17/h4-12H,13-15H2,1-3H3,(H,21,22). The first-order valence-electron chi connectivity index (χ1n) is 7.93. The van der Waals surface area contributed by atoms with Crippen molar-refractivity contribution in [3.63, 3.8) is 0 Å². The van der Waals surface area contributed by atoms with Crippen molar-refractivity contribution in [3.05, 3.63) is 71.3 Å². The van der Waals surface area contributed by atoms with Gasteiger partial charge in [-0.1, -0.05) is 54.6 Å². The molecule has 0 radical (unpaired) electrons. The quantitative estimate of drug-likeness (QED) is 0.818. The van der Waals surface area contributed by atoms with Crippen LogP contribution in [0.1, 0.15) is 30.5 Å². The fourth-order valence-electron chi connectivity index (χ4n) is 2.59. The maximum atomic E-state index is 12.2. The molecule has 0 aromatic heterocycles. The summed E-state index contributed by atoms with van der Waals surface area (Å²) in [6.07, 6.45) is 0.835. The minimum atomic E-state index is -0.234. The van der Waals surface area contributed by atoms with Gasteiger partial charge in [0.25, 0.3) is 0 Å². The molecule has 0 saturated carbocycles. The fraction of sp³-hybridized carbons (Fsp3) is 0.350. The molecule has 1 amide bonds. The molecule has 2 nitrogen and oxygen atoms in total. The van der Waals surface area contributed by atoms with Gasteiger partial charge in [-0.2, -0.15) is 0 Å². The molecule has 0 spiro atoms. The summed E-state index contributed by atoms with van der Waals surface area (Å²) in [5.41, 5.74) is 3.59. The number of thioether (sulfide) groups is 1. The summed E-state index contributed by atoms with van der Waals surface area (Å²) < 4.78 is 0. The van der Waals surface area contributed by atoms with Crippen molar-refractivity contribution in [2.45, 2.75) is 38.5 Å². The average Bonchev–Trinajstić information content (AvgIpc) is 2.49. The van der Waals surface area contributed by atoms with Crippen LogP contribution in [0.4, 0.5) is 0 Å². The number of carbonyl (C=O) groups excluding carboxylic acids is 1. The van der Waals surface area contributed by atoms with Gasteiger partial charge in [0, 0.05) is 11.3 Å². The third-order valence-electron chi connectivity index (χ3n) is 3.72. The van der Waals surface area contributed by atoms with Crippen molar-refractivity contribution in [2.75, 3.05) is 5.75 Å². The van der Waals surface area contributed by atoms with Crippen LogP contribution in [-0.4, -0.2) is 17.2 Å². The third-order valence-corrected chi connectivity index (χ3v) is 4.70. The van der Waals surface area contributed by atoms with E-state index < -0.39 is 0 Å². The largest absolute Gasteiger partial charge is 0.350 e. The highest BCUT2D eigenvalue weighted by Crippen LogP contribution is 2.17. The number of hydrogen-bond donors (Lipinski definition) is 1. The number of amides is 1. The average molecular weight is 327 g/mol. The number of nitrogens with one attached hydrogen (secondary N) is 1. The number of aryl methyl sites for hydroxylation is 1. The molecule has 0 heterocycles. The molecule has 1 N–H and O–H groups in total. The van der Waals surface area contributed by atoms with Crippen molar-refractivity contribution >= 4 is 17.7 Å². The van der Waals surface area contributed by atoms with Crippen LogP contribution in [0, 0.1) is 6.92 Å². The molecule has 2 aromatic carbocycles. The van der Waals surface area contributed by atoms with Gasteiger partial charge in [0.2, 0.25) is 5.91 Å². The van der Waals surface area contributed by atoms with Crippen LogP contribution in [0.15, 0.2) is 54.6 Å². The lowest BCUT2D eigenvalue weighted by atomic mass is 9.95. The van der Waals surface area contributed by atoms with E-state index in [1.54, 1.807) is 11.8 Å². The summed E-state index contributed by atoms with van der Waals surface area (Å²) >= 11 is 1.66. The lowest BCUT2D eigenvalue weighted by molar-refractivity contribution is -0.120. The first-order chi connectivity index (χ1) is 11.0. The Bertz CT molecular complexity index is 637. The lowest BCUT2D eigenvalue weighted by Crippen LogP contribution is -2.45. The summed E-state index contributed by atoms with van der Waals surface area (Å²) in [6.45, 7) is 6.26. The Hall–Kier alpha value is -1.74. The van der Waals surface area contributed by atoms with Gasteiger partial charge in [0.1, 0.15) is 0 Å². The summed E-state index contributed by atoms with van der Waals surface area (Å²) in [5, 5.41) is 3.15. The second-order valence-electron chi connectivity index (χ2n) is 6.51. The second-order valence-corrected chi connectivity index (χ2v) is 7.50. The van der Waals surface area contributed by atoms with Gasteiger partial charge in [0.05, 0.1) is 5.75 Å². The Balaban J connectivity index is 1.78. The molecule has 0 aliphatic rings. The zero-order chi connectivity index (χ0) is 16.7. The van der Waals surface area contributed by atoms with E-state index >= 15 is 0 Å². The van der Waals surface area contributed by atoms with Gasteiger partial charge >= 0.3 is 0 Å². The van der Waals surface area contributed by atoms with Crippen molar-refractivity contribution in [1.82, 2.24) is 5.32 Å². The van der Waals surface area contributed by atoms with E-state index in [9.17, 15) is 4.79 Å². The van der Waals surface area contributed by atoms with Gasteiger partial charge in [-0.25, -0.2) is 0 Å². The van der Waals surface area contributed by atoms with Gasteiger partial charge in [0.15, 0.2) is 0 Å². The van der Waals surface area contributed by atoms with E-state index in [4.69, 9.17) is 0 Å². The maximum absolute atomic E-state index is 12.2. The smallest absolute Gasteiger partial charge is 0.230 e.